The van der Waals surface area contributed by atoms with Crippen LogP contribution in [0, 0.1) is 0 Å². The summed E-state index contributed by atoms with van der Waals surface area (Å²) in [5.74, 6) is 0.00402. The monoisotopic (exact) mass is 521 g/mol. The van der Waals surface area contributed by atoms with E-state index in [1.807, 2.05) is 37.3 Å². The molecular formula is C28H31N3O5S. The molecule has 37 heavy (non-hydrogen) atoms. The summed E-state index contributed by atoms with van der Waals surface area (Å²) in [6.07, 6.45) is 1.11. The lowest BCUT2D eigenvalue weighted by Gasteiger charge is -2.20. The van der Waals surface area contributed by atoms with Gasteiger partial charge in [0.1, 0.15) is 11.8 Å². The van der Waals surface area contributed by atoms with Crippen LogP contribution >= 0.6 is 0 Å². The first kappa shape index (κ1) is 26.4. The zero-order chi connectivity index (χ0) is 26.4. The van der Waals surface area contributed by atoms with Gasteiger partial charge in [0.2, 0.25) is 21.8 Å². The number of benzene rings is 3. The van der Waals surface area contributed by atoms with E-state index in [1.54, 1.807) is 48.2 Å². The lowest BCUT2D eigenvalue weighted by atomic mass is 10.1. The average Bonchev–Trinajstić information content (AvgIpc) is 3.33. The standard InChI is InChI=1S/C28H31N3O5S/c1-3-27(32)31-17-16-21-19-22(14-15-25(21)31)37(34,35)30-24(18-20-10-6-5-7-11-20)28(33)29-23-12-8-9-13-26(23)36-4-2/h5-15,19,24,30H,3-4,16-18H2,1-2H3,(H,29,33)/t24-/m0/s1. The molecule has 8 nitrogen and oxygen atoms in total. The molecule has 0 aliphatic carbocycles. The van der Waals surface area contributed by atoms with E-state index >= 15 is 0 Å². The van der Waals surface area contributed by atoms with Crippen molar-refractivity contribution in [1.29, 1.82) is 0 Å². The van der Waals surface area contributed by atoms with Crippen molar-refractivity contribution in [2.45, 2.75) is 44.0 Å². The molecule has 1 aliphatic heterocycles. The summed E-state index contributed by atoms with van der Waals surface area (Å²) in [7, 11) is -4.05. The third kappa shape index (κ3) is 6.18. The second-order valence-corrected chi connectivity index (χ2v) is 10.4. The highest BCUT2D eigenvalue weighted by atomic mass is 32.2. The Hall–Kier alpha value is -3.69. The third-order valence-electron chi connectivity index (χ3n) is 6.20. The van der Waals surface area contributed by atoms with E-state index in [0.717, 1.165) is 16.8 Å². The number of anilines is 2. The van der Waals surface area contributed by atoms with Crippen LogP contribution < -0.4 is 19.7 Å². The van der Waals surface area contributed by atoms with Gasteiger partial charge in [-0.25, -0.2) is 8.42 Å². The summed E-state index contributed by atoms with van der Waals surface area (Å²) in [4.78, 5) is 27.3. The maximum Gasteiger partial charge on any atom is 0.243 e. The Bertz CT molecular complexity index is 1380. The number of hydrogen-bond donors (Lipinski definition) is 2. The maximum atomic E-state index is 13.4. The van der Waals surface area contributed by atoms with Crippen LogP contribution in [0.25, 0.3) is 0 Å². The summed E-state index contributed by atoms with van der Waals surface area (Å²) in [6.45, 7) is 4.59. The maximum absolute atomic E-state index is 13.4. The fourth-order valence-corrected chi connectivity index (χ4v) is 5.60. The number of para-hydroxylation sites is 2. The van der Waals surface area contributed by atoms with Gasteiger partial charge in [-0.1, -0.05) is 49.4 Å². The lowest BCUT2D eigenvalue weighted by molar-refractivity contribution is -0.118. The number of fused-ring (bicyclic) bond motifs is 1. The van der Waals surface area contributed by atoms with Gasteiger partial charge < -0.3 is 15.0 Å². The van der Waals surface area contributed by atoms with Gasteiger partial charge in [0.25, 0.3) is 0 Å². The molecular weight excluding hydrogens is 490 g/mol. The largest absolute Gasteiger partial charge is 0.492 e. The number of carbonyl (C=O) groups excluding carboxylic acids is 2. The van der Waals surface area contributed by atoms with E-state index in [4.69, 9.17) is 4.74 Å². The molecule has 3 aromatic rings. The second-order valence-electron chi connectivity index (χ2n) is 8.72. The summed E-state index contributed by atoms with van der Waals surface area (Å²) < 4.78 is 35.1. The average molecular weight is 522 g/mol. The molecule has 2 amide bonds. The van der Waals surface area contributed by atoms with Crippen LogP contribution in [-0.4, -0.2) is 39.4 Å². The van der Waals surface area contributed by atoms with Crippen LogP contribution in [0.1, 0.15) is 31.4 Å². The van der Waals surface area contributed by atoms with Crippen LogP contribution in [0.3, 0.4) is 0 Å². The Morgan fingerprint density at radius 1 is 1.00 bits per heavy atom. The predicted octanol–water partition coefficient (Wildman–Crippen LogP) is 3.91. The van der Waals surface area contributed by atoms with E-state index in [0.29, 0.717) is 37.4 Å². The minimum absolute atomic E-state index is 0.000544. The molecule has 2 N–H and O–H groups in total. The SMILES string of the molecule is CCOc1ccccc1NC(=O)[C@H](Cc1ccccc1)NS(=O)(=O)c1ccc2c(c1)CCN2C(=O)CC. The van der Waals surface area contributed by atoms with Crippen LogP contribution in [0.2, 0.25) is 0 Å². The highest BCUT2D eigenvalue weighted by Gasteiger charge is 2.29. The predicted molar refractivity (Wildman–Crippen MR) is 143 cm³/mol. The molecule has 1 atom stereocenters. The Morgan fingerprint density at radius 2 is 1.73 bits per heavy atom. The summed E-state index contributed by atoms with van der Waals surface area (Å²) in [5.41, 5.74) is 2.80. The van der Waals surface area contributed by atoms with Gasteiger partial charge >= 0.3 is 0 Å². The van der Waals surface area contributed by atoms with Crippen molar-refractivity contribution < 1.29 is 22.7 Å². The minimum Gasteiger partial charge on any atom is -0.492 e. The topological polar surface area (TPSA) is 105 Å². The zero-order valence-electron chi connectivity index (χ0n) is 20.9. The van der Waals surface area contributed by atoms with Crippen molar-refractivity contribution in [3.8, 4) is 5.75 Å². The second kappa shape index (κ2) is 11.6. The fraction of sp³-hybridized carbons (Fsp3) is 0.286. The van der Waals surface area contributed by atoms with Gasteiger partial charge in [0.15, 0.2) is 0 Å². The van der Waals surface area contributed by atoms with Gasteiger partial charge in [-0.3, -0.25) is 9.59 Å². The minimum atomic E-state index is -4.05. The van der Waals surface area contributed by atoms with Crippen molar-refractivity contribution in [3.05, 3.63) is 83.9 Å². The molecule has 0 saturated heterocycles. The first-order chi connectivity index (χ1) is 17.8. The molecule has 0 unspecified atom stereocenters. The summed E-state index contributed by atoms with van der Waals surface area (Å²) >= 11 is 0. The molecule has 9 heteroatoms. The Morgan fingerprint density at radius 3 is 2.46 bits per heavy atom. The molecule has 194 valence electrons. The smallest absolute Gasteiger partial charge is 0.243 e. The van der Waals surface area contributed by atoms with Gasteiger partial charge in [-0.15, -0.1) is 0 Å². The van der Waals surface area contributed by atoms with Crippen LogP contribution in [-0.2, 0) is 32.5 Å². The number of carbonyl (C=O) groups is 2. The summed E-state index contributed by atoms with van der Waals surface area (Å²) in [5, 5.41) is 2.82. The molecule has 0 aromatic heterocycles. The van der Waals surface area contributed by atoms with E-state index in [-0.39, 0.29) is 17.2 Å². The first-order valence-corrected chi connectivity index (χ1v) is 13.8. The highest BCUT2D eigenvalue weighted by molar-refractivity contribution is 7.89. The molecule has 3 aromatic carbocycles. The molecule has 0 radical (unpaired) electrons. The Kier molecular flexibility index (Phi) is 8.25. The van der Waals surface area contributed by atoms with E-state index in [1.165, 1.54) is 6.07 Å². The van der Waals surface area contributed by atoms with Crippen LogP contribution in [0.5, 0.6) is 5.75 Å². The van der Waals surface area contributed by atoms with Gasteiger partial charge in [-0.2, -0.15) is 4.72 Å². The van der Waals surface area contributed by atoms with E-state index in [2.05, 4.69) is 10.0 Å². The molecule has 0 spiro atoms. The van der Waals surface area contributed by atoms with Gasteiger partial charge in [0, 0.05) is 18.7 Å². The number of sulfonamides is 1. The van der Waals surface area contributed by atoms with E-state index < -0.39 is 22.0 Å². The van der Waals surface area contributed by atoms with Gasteiger partial charge in [-0.05, 0) is 61.2 Å². The van der Waals surface area contributed by atoms with Crippen molar-refractivity contribution in [2.75, 3.05) is 23.4 Å². The Balaban J connectivity index is 1.60. The molecule has 4 rings (SSSR count). The van der Waals surface area contributed by atoms with E-state index in [9.17, 15) is 18.0 Å². The molecule has 1 aliphatic rings. The number of amides is 2. The number of ether oxygens (including phenoxy) is 1. The molecule has 0 bridgehead atoms. The number of rotatable bonds is 10. The normalized spacial score (nSPS) is 13.6. The molecule has 0 saturated carbocycles. The van der Waals surface area contributed by atoms with Crippen molar-refractivity contribution in [3.63, 3.8) is 0 Å². The highest BCUT2D eigenvalue weighted by Crippen LogP contribution is 2.31. The van der Waals surface area contributed by atoms with Crippen molar-refractivity contribution >= 4 is 33.2 Å². The first-order valence-electron chi connectivity index (χ1n) is 12.3. The summed E-state index contributed by atoms with van der Waals surface area (Å²) in [6, 6.07) is 19.9. The van der Waals surface area contributed by atoms with Crippen LogP contribution in [0.4, 0.5) is 11.4 Å². The lowest BCUT2D eigenvalue weighted by Crippen LogP contribution is -2.45. The van der Waals surface area contributed by atoms with Crippen molar-refractivity contribution in [1.82, 2.24) is 4.72 Å². The number of nitrogens with one attached hydrogen (secondary N) is 2. The third-order valence-corrected chi connectivity index (χ3v) is 7.67. The fourth-order valence-electron chi connectivity index (χ4n) is 4.36. The molecule has 1 heterocycles. The van der Waals surface area contributed by atoms with Crippen LogP contribution in [0.15, 0.2) is 77.7 Å². The van der Waals surface area contributed by atoms with Gasteiger partial charge in [0.05, 0.1) is 17.2 Å². The number of hydrogen-bond acceptors (Lipinski definition) is 5. The number of nitrogens with zero attached hydrogens (tertiary/aromatic N) is 1. The van der Waals surface area contributed by atoms with Crippen molar-refractivity contribution in [2.24, 2.45) is 0 Å². The molecule has 0 fully saturated rings. The quantitative estimate of drug-likeness (QED) is 0.421. The zero-order valence-corrected chi connectivity index (χ0v) is 21.8. The Labute approximate surface area is 217 Å².